The number of hydrogen-bond acceptors (Lipinski definition) is 4. The zero-order valence-corrected chi connectivity index (χ0v) is 16.5. The minimum Gasteiger partial charge on any atom is -0.323 e. The molecule has 7 heteroatoms. The zero-order valence-electron chi connectivity index (χ0n) is 16.5. The van der Waals surface area contributed by atoms with Crippen molar-refractivity contribution in [3.8, 4) is 11.8 Å². The molecule has 28 heavy (non-hydrogen) atoms. The Bertz CT molecular complexity index is 920. The van der Waals surface area contributed by atoms with E-state index in [0.717, 1.165) is 18.5 Å². The topological polar surface area (TPSA) is 91.0 Å². The third kappa shape index (κ3) is 3.26. The van der Waals surface area contributed by atoms with Gasteiger partial charge in [0, 0.05) is 0 Å². The molecule has 0 spiro atoms. The number of para-hydroxylation sites is 1. The fourth-order valence-corrected chi connectivity index (χ4v) is 3.94. The molecule has 0 radical (unpaired) electrons. The second-order valence-corrected chi connectivity index (χ2v) is 7.17. The molecule has 1 fully saturated rings. The van der Waals surface area contributed by atoms with Crippen LogP contribution in [0.25, 0.3) is 5.69 Å². The molecule has 2 heterocycles. The van der Waals surface area contributed by atoms with E-state index < -0.39 is 11.6 Å². The van der Waals surface area contributed by atoms with Crippen LogP contribution < -0.4 is 5.32 Å². The van der Waals surface area contributed by atoms with Crippen LogP contribution in [0.2, 0.25) is 0 Å². The molecule has 1 aromatic carbocycles. The summed E-state index contributed by atoms with van der Waals surface area (Å²) in [7, 11) is 0. The number of benzene rings is 1. The Morgan fingerprint density at radius 3 is 2.36 bits per heavy atom. The summed E-state index contributed by atoms with van der Waals surface area (Å²) in [6.45, 7) is 5.77. The van der Waals surface area contributed by atoms with Gasteiger partial charge in [-0.25, -0.2) is 9.48 Å². The van der Waals surface area contributed by atoms with Crippen LogP contribution in [-0.4, -0.2) is 32.2 Å². The molecule has 1 saturated heterocycles. The van der Waals surface area contributed by atoms with Crippen molar-refractivity contribution < 1.29 is 9.59 Å². The van der Waals surface area contributed by atoms with Crippen LogP contribution >= 0.6 is 0 Å². The second-order valence-electron chi connectivity index (χ2n) is 7.17. The first kappa shape index (κ1) is 19.6. The summed E-state index contributed by atoms with van der Waals surface area (Å²) in [6, 6.07) is 11.2. The Morgan fingerprint density at radius 2 is 1.79 bits per heavy atom. The lowest BCUT2D eigenvalue weighted by Crippen LogP contribution is -2.46. The van der Waals surface area contributed by atoms with Gasteiger partial charge >= 0.3 is 6.03 Å². The van der Waals surface area contributed by atoms with Gasteiger partial charge < -0.3 is 5.32 Å². The highest BCUT2D eigenvalue weighted by molar-refractivity contribution is 6.07. The van der Waals surface area contributed by atoms with Gasteiger partial charge in [-0.15, -0.1) is 0 Å². The number of nitrogens with one attached hydrogen (secondary N) is 1. The zero-order chi connectivity index (χ0) is 20.3. The van der Waals surface area contributed by atoms with Gasteiger partial charge in [0.05, 0.1) is 29.2 Å². The van der Waals surface area contributed by atoms with Crippen molar-refractivity contribution in [3.63, 3.8) is 0 Å². The van der Waals surface area contributed by atoms with Crippen molar-refractivity contribution in [2.75, 3.05) is 0 Å². The number of carbonyl (C=O) groups excluding carboxylic acids is 2. The normalized spacial score (nSPS) is 15.6. The second kappa shape index (κ2) is 7.85. The molecular formula is C21H25N5O2. The molecule has 2 aromatic rings. The molecule has 1 aliphatic heterocycles. The first-order chi connectivity index (χ1) is 13.5. The van der Waals surface area contributed by atoms with Gasteiger partial charge in [0.2, 0.25) is 0 Å². The minimum absolute atomic E-state index is 0.0124. The summed E-state index contributed by atoms with van der Waals surface area (Å²) >= 11 is 0. The van der Waals surface area contributed by atoms with E-state index in [-0.39, 0.29) is 12.5 Å². The average Bonchev–Trinajstić information content (AvgIpc) is 3.12. The summed E-state index contributed by atoms with van der Waals surface area (Å²) in [5.41, 5.74) is 1.44. The molecule has 0 bridgehead atoms. The highest BCUT2D eigenvalue weighted by Crippen LogP contribution is 2.30. The van der Waals surface area contributed by atoms with Gasteiger partial charge in [-0.05, 0) is 31.9 Å². The van der Waals surface area contributed by atoms with Gasteiger partial charge in [0.15, 0.2) is 0 Å². The van der Waals surface area contributed by atoms with E-state index >= 15 is 0 Å². The Kier molecular flexibility index (Phi) is 5.50. The predicted octanol–water partition coefficient (Wildman–Crippen LogP) is 3.44. The third-order valence-electron chi connectivity index (χ3n) is 5.18. The number of amides is 3. The summed E-state index contributed by atoms with van der Waals surface area (Å²) in [6.07, 6.45) is 2.79. The predicted molar refractivity (Wildman–Crippen MR) is 105 cm³/mol. The van der Waals surface area contributed by atoms with E-state index in [2.05, 4.69) is 16.5 Å². The molecule has 0 atom stereocenters. The van der Waals surface area contributed by atoms with Crippen LogP contribution in [0.4, 0.5) is 4.79 Å². The van der Waals surface area contributed by atoms with Crippen molar-refractivity contribution >= 4 is 11.9 Å². The molecule has 146 valence electrons. The van der Waals surface area contributed by atoms with Crippen molar-refractivity contribution in [2.45, 2.75) is 58.5 Å². The van der Waals surface area contributed by atoms with E-state index in [9.17, 15) is 14.9 Å². The van der Waals surface area contributed by atoms with E-state index in [1.807, 2.05) is 44.2 Å². The maximum atomic E-state index is 13.2. The number of rotatable bonds is 7. The first-order valence-corrected chi connectivity index (χ1v) is 9.65. The molecule has 1 aliphatic rings. The minimum atomic E-state index is -0.847. The molecule has 1 N–H and O–H groups in total. The number of imide groups is 1. The van der Waals surface area contributed by atoms with Crippen LogP contribution in [0.3, 0.4) is 0 Å². The average molecular weight is 379 g/mol. The number of aryl methyl sites for hydroxylation is 1. The summed E-state index contributed by atoms with van der Waals surface area (Å²) < 4.78 is 1.65. The maximum Gasteiger partial charge on any atom is 0.325 e. The summed E-state index contributed by atoms with van der Waals surface area (Å²) in [4.78, 5) is 27.1. The molecule has 0 unspecified atom stereocenters. The summed E-state index contributed by atoms with van der Waals surface area (Å²) in [5.74, 6) is -0.219. The maximum absolute atomic E-state index is 13.2. The third-order valence-corrected chi connectivity index (χ3v) is 5.18. The number of nitrogens with zero attached hydrogens (tertiary/aromatic N) is 4. The highest BCUT2D eigenvalue weighted by Gasteiger charge is 2.50. The van der Waals surface area contributed by atoms with Gasteiger partial charge in [-0.1, -0.05) is 44.9 Å². The molecular weight excluding hydrogens is 354 g/mol. The largest absolute Gasteiger partial charge is 0.325 e. The van der Waals surface area contributed by atoms with Crippen molar-refractivity contribution in [1.82, 2.24) is 20.0 Å². The SMILES string of the molecule is CCCC1(CCC)NC(=O)N(Cc2c(C#N)c(C)nn2-c2ccccc2)C1=O. The Morgan fingerprint density at radius 1 is 1.14 bits per heavy atom. The number of aromatic nitrogens is 2. The summed E-state index contributed by atoms with van der Waals surface area (Å²) in [5, 5.41) is 17.0. The van der Waals surface area contributed by atoms with E-state index in [1.165, 1.54) is 4.90 Å². The fraction of sp³-hybridized carbons (Fsp3) is 0.429. The Balaban J connectivity index is 2.01. The van der Waals surface area contributed by atoms with Crippen molar-refractivity contribution in [1.29, 1.82) is 5.26 Å². The van der Waals surface area contributed by atoms with E-state index in [0.29, 0.717) is 29.8 Å². The molecule has 3 rings (SSSR count). The fourth-order valence-electron chi connectivity index (χ4n) is 3.94. The highest BCUT2D eigenvalue weighted by atomic mass is 16.2. The molecule has 3 amide bonds. The van der Waals surface area contributed by atoms with Crippen LogP contribution in [0.1, 0.15) is 56.5 Å². The van der Waals surface area contributed by atoms with Gasteiger partial charge in [0.1, 0.15) is 11.6 Å². The van der Waals surface area contributed by atoms with Crippen molar-refractivity contribution in [3.05, 3.63) is 47.3 Å². The smallest absolute Gasteiger partial charge is 0.323 e. The molecule has 0 saturated carbocycles. The van der Waals surface area contributed by atoms with E-state index in [1.54, 1.807) is 11.6 Å². The first-order valence-electron chi connectivity index (χ1n) is 9.65. The van der Waals surface area contributed by atoms with Gasteiger partial charge in [-0.2, -0.15) is 10.4 Å². The number of urea groups is 1. The van der Waals surface area contributed by atoms with Crippen LogP contribution in [0, 0.1) is 18.3 Å². The van der Waals surface area contributed by atoms with Crippen LogP contribution in [0.15, 0.2) is 30.3 Å². The standard InChI is InChI=1S/C21H25N5O2/c1-4-11-21(12-5-2)19(27)25(20(28)23-21)14-18-17(13-22)15(3)24-26(18)16-9-7-6-8-10-16/h6-10H,4-5,11-12,14H2,1-3H3,(H,23,28). The van der Waals surface area contributed by atoms with Crippen molar-refractivity contribution in [2.24, 2.45) is 0 Å². The van der Waals surface area contributed by atoms with Gasteiger partial charge in [0.25, 0.3) is 5.91 Å². The lowest BCUT2D eigenvalue weighted by atomic mass is 9.88. The van der Waals surface area contributed by atoms with Crippen LogP contribution in [0.5, 0.6) is 0 Å². The Labute approximate surface area is 164 Å². The molecule has 1 aromatic heterocycles. The number of hydrogen-bond donors (Lipinski definition) is 1. The molecule has 7 nitrogen and oxygen atoms in total. The number of carbonyl (C=O) groups is 2. The lowest BCUT2D eigenvalue weighted by Gasteiger charge is -2.25. The van der Waals surface area contributed by atoms with E-state index in [4.69, 9.17) is 0 Å². The molecule has 0 aliphatic carbocycles. The lowest BCUT2D eigenvalue weighted by molar-refractivity contribution is -0.132. The number of nitriles is 1. The monoisotopic (exact) mass is 379 g/mol. The quantitative estimate of drug-likeness (QED) is 0.746. The van der Waals surface area contributed by atoms with Gasteiger partial charge in [-0.3, -0.25) is 9.69 Å². The van der Waals surface area contributed by atoms with Crippen LogP contribution in [-0.2, 0) is 11.3 Å². The Hall–Kier alpha value is -3.14.